The Bertz CT molecular complexity index is 764. The maximum atomic E-state index is 13.3. The number of benzene rings is 1. The predicted molar refractivity (Wildman–Crippen MR) is 114 cm³/mol. The van der Waals surface area contributed by atoms with E-state index in [0.29, 0.717) is 16.7 Å². The smallest absolute Gasteiger partial charge is 0.200 e. The summed E-state index contributed by atoms with van der Waals surface area (Å²) >= 11 is 0. The Hall–Kier alpha value is -1.36. The number of rotatable bonds is 6. The van der Waals surface area contributed by atoms with E-state index in [1.54, 1.807) is 0 Å². The lowest BCUT2D eigenvalue weighted by molar-refractivity contribution is 0.551. The molecule has 152 valence electrons. The van der Waals surface area contributed by atoms with Crippen molar-refractivity contribution >= 4 is 15.7 Å². The molecule has 0 spiro atoms. The topological polar surface area (TPSA) is 58.5 Å². The quantitative estimate of drug-likeness (QED) is 0.613. The van der Waals surface area contributed by atoms with Crippen molar-refractivity contribution in [3.63, 3.8) is 0 Å². The Morgan fingerprint density at radius 1 is 0.963 bits per heavy atom. The lowest BCUT2D eigenvalue weighted by Gasteiger charge is -2.23. The maximum Gasteiger partial charge on any atom is 0.277 e. The molecule has 0 bridgehead atoms. The van der Waals surface area contributed by atoms with Gasteiger partial charge in [-0.25, -0.2) is 4.83 Å². The molecule has 1 N–H and O–H groups in total. The van der Waals surface area contributed by atoms with Crippen LogP contribution in [-0.4, -0.2) is 14.1 Å². The Morgan fingerprint density at radius 2 is 1.52 bits per heavy atom. The highest BCUT2D eigenvalue weighted by Gasteiger charge is 2.27. The first-order valence-corrected chi connectivity index (χ1v) is 11.8. The number of nitrogens with one attached hydrogen (secondary N) is 1. The van der Waals surface area contributed by atoms with Crippen molar-refractivity contribution in [1.29, 1.82) is 0 Å². The van der Waals surface area contributed by atoms with Crippen molar-refractivity contribution in [2.24, 2.45) is 11.0 Å². The summed E-state index contributed by atoms with van der Waals surface area (Å²) in [4.78, 5) is 3.00. The van der Waals surface area contributed by atoms with Crippen LogP contribution in [0.4, 0.5) is 0 Å². The van der Waals surface area contributed by atoms with Gasteiger partial charge >= 0.3 is 0 Å². The van der Waals surface area contributed by atoms with Gasteiger partial charge in [-0.05, 0) is 59.6 Å². The fraction of sp³-hybridized carbons (Fsp3) is 0.682. The largest absolute Gasteiger partial charge is 0.277 e. The Balaban J connectivity index is 2.55. The van der Waals surface area contributed by atoms with E-state index in [9.17, 15) is 8.42 Å². The van der Waals surface area contributed by atoms with Crippen LogP contribution in [0.15, 0.2) is 22.1 Å². The van der Waals surface area contributed by atoms with E-state index in [1.807, 2.05) is 0 Å². The number of nitrogens with zero attached hydrogens (tertiary/aromatic N) is 1. The Labute approximate surface area is 165 Å². The second-order valence-electron chi connectivity index (χ2n) is 8.84. The molecule has 27 heavy (non-hydrogen) atoms. The second-order valence-corrected chi connectivity index (χ2v) is 10.4. The molecular weight excluding hydrogens is 356 g/mol. The average Bonchev–Trinajstić information content (AvgIpc) is 2.59. The maximum absolute atomic E-state index is 13.3. The molecule has 5 heteroatoms. The molecule has 1 atom stereocenters. The first kappa shape index (κ1) is 21.9. The molecule has 1 aliphatic rings. The fourth-order valence-electron chi connectivity index (χ4n) is 3.70. The van der Waals surface area contributed by atoms with Crippen LogP contribution in [0, 0.1) is 5.92 Å². The summed E-state index contributed by atoms with van der Waals surface area (Å²) < 4.78 is 26.6. The first-order valence-electron chi connectivity index (χ1n) is 10.3. The highest BCUT2D eigenvalue weighted by molar-refractivity contribution is 7.89. The molecule has 1 saturated carbocycles. The lowest BCUT2D eigenvalue weighted by atomic mass is 9.89. The molecule has 4 nitrogen and oxygen atoms in total. The number of hydrazone groups is 1. The second kappa shape index (κ2) is 8.76. The molecule has 1 aromatic rings. The molecule has 1 unspecified atom stereocenters. The van der Waals surface area contributed by atoms with E-state index in [-0.39, 0.29) is 11.8 Å². The molecule has 0 amide bonds. The molecule has 1 aliphatic carbocycles. The minimum absolute atomic E-state index is 0.119. The molecule has 0 heterocycles. The van der Waals surface area contributed by atoms with Crippen LogP contribution in [0.3, 0.4) is 0 Å². The van der Waals surface area contributed by atoms with E-state index >= 15 is 0 Å². The molecular formula is C22H36N2O2S. The summed E-state index contributed by atoms with van der Waals surface area (Å²) in [5.74, 6) is 0.940. The first-order chi connectivity index (χ1) is 12.5. The summed E-state index contributed by atoms with van der Waals surface area (Å²) in [7, 11) is -3.71. The van der Waals surface area contributed by atoms with E-state index < -0.39 is 10.0 Å². The van der Waals surface area contributed by atoms with Crippen molar-refractivity contribution in [2.75, 3.05) is 0 Å². The number of sulfonamides is 1. The SMILES string of the molecule is CC1CCCC/C1=N\NS(=O)(=O)c1c(C(C)C)cc(C(C)C)cc1C(C)C. The summed E-state index contributed by atoms with van der Waals surface area (Å²) in [6.07, 6.45) is 4.24. The molecule has 1 aromatic carbocycles. The summed E-state index contributed by atoms with van der Waals surface area (Å²) in [5.41, 5.74) is 3.93. The lowest BCUT2D eigenvalue weighted by Crippen LogP contribution is -2.26. The van der Waals surface area contributed by atoms with Crippen LogP contribution in [0.25, 0.3) is 0 Å². The standard InChI is InChI=1S/C22H36N2O2S/c1-14(2)18-12-19(15(3)4)22(20(13-18)16(5)6)27(25,26)24-23-21-11-9-8-10-17(21)7/h12-17,24H,8-11H2,1-7H3/b23-21+. The fourth-order valence-corrected chi connectivity index (χ4v) is 5.24. The van der Waals surface area contributed by atoms with Crippen molar-refractivity contribution in [3.05, 3.63) is 28.8 Å². The van der Waals surface area contributed by atoms with Gasteiger partial charge in [0.15, 0.2) is 0 Å². The van der Waals surface area contributed by atoms with Crippen LogP contribution < -0.4 is 4.83 Å². The molecule has 0 aromatic heterocycles. The van der Waals surface area contributed by atoms with Crippen molar-refractivity contribution in [2.45, 2.75) is 96.8 Å². The van der Waals surface area contributed by atoms with Crippen LogP contribution in [-0.2, 0) is 10.0 Å². The van der Waals surface area contributed by atoms with Gasteiger partial charge in [-0.3, -0.25) is 0 Å². The van der Waals surface area contributed by atoms with Crippen LogP contribution in [0.1, 0.15) is 109 Å². The van der Waals surface area contributed by atoms with Gasteiger partial charge in [-0.15, -0.1) is 0 Å². The monoisotopic (exact) mass is 392 g/mol. The number of hydrogen-bond donors (Lipinski definition) is 1. The van der Waals surface area contributed by atoms with Gasteiger partial charge in [0.1, 0.15) is 0 Å². The molecule has 0 saturated heterocycles. The highest BCUT2D eigenvalue weighted by atomic mass is 32.2. The highest BCUT2D eigenvalue weighted by Crippen LogP contribution is 2.35. The number of hydrogen-bond acceptors (Lipinski definition) is 3. The third-order valence-electron chi connectivity index (χ3n) is 5.55. The summed E-state index contributed by atoms with van der Waals surface area (Å²) in [6.45, 7) is 14.6. The van der Waals surface area contributed by atoms with E-state index in [0.717, 1.165) is 36.1 Å². The minimum atomic E-state index is -3.71. The van der Waals surface area contributed by atoms with Gasteiger partial charge in [0, 0.05) is 5.71 Å². The molecule has 2 rings (SSSR count). The average molecular weight is 393 g/mol. The Kier molecular flexibility index (Phi) is 7.12. The van der Waals surface area contributed by atoms with Gasteiger partial charge in [0.2, 0.25) is 0 Å². The van der Waals surface area contributed by atoms with Gasteiger partial charge in [0.25, 0.3) is 10.0 Å². The van der Waals surface area contributed by atoms with Crippen molar-refractivity contribution in [3.8, 4) is 0 Å². The summed E-state index contributed by atoms with van der Waals surface area (Å²) in [5, 5.41) is 4.35. The van der Waals surface area contributed by atoms with E-state index in [4.69, 9.17) is 0 Å². The minimum Gasteiger partial charge on any atom is -0.200 e. The van der Waals surface area contributed by atoms with Crippen molar-refractivity contribution < 1.29 is 8.42 Å². The zero-order chi connectivity index (χ0) is 20.4. The van der Waals surface area contributed by atoms with Gasteiger partial charge < -0.3 is 0 Å². The Morgan fingerprint density at radius 3 is 1.96 bits per heavy atom. The van der Waals surface area contributed by atoms with E-state index in [1.165, 1.54) is 12.0 Å². The molecule has 0 radical (unpaired) electrons. The van der Waals surface area contributed by atoms with E-state index in [2.05, 4.69) is 70.5 Å². The van der Waals surface area contributed by atoms with Gasteiger partial charge in [0.05, 0.1) is 4.90 Å². The third kappa shape index (κ3) is 5.13. The molecule has 0 aliphatic heterocycles. The molecule has 1 fully saturated rings. The van der Waals surface area contributed by atoms with Crippen LogP contribution >= 0.6 is 0 Å². The van der Waals surface area contributed by atoms with Gasteiger partial charge in [-0.2, -0.15) is 13.5 Å². The normalized spacial score (nSPS) is 20.1. The zero-order valence-electron chi connectivity index (χ0n) is 18.0. The zero-order valence-corrected chi connectivity index (χ0v) is 18.8. The predicted octanol–water partition coefficient (Wildman–Crippen LogP) is 5.90. The third-order valence-corrected chi connectivity index (χ3v) is 6.89. The van der Waals surface area contributed by atoms with Crippen molar-refractivity contribution in [1.82, 2.24) is 4.83 Å². The van der Waals surface area contributed by atoms with Gasteiger partial charge in [-0.1, -0.05) is 67.0 Å². The summed E-state index contributed by atoms with van der Waals surface area (Å²) in [6, 6.07) is 4.12. The van der Waals surface area contributed by atoms with Crippen LogP contribution in [0.5, 0.6) is 0 Å². The van der Waals surface area contributed by atoms with Crippen LogP contribution in [0.2, 0.25) is 0 Å².